The summed E-state index contributed by atoms with van der Waals surface area (Å²) in [5, 5.41) is 12.7. The SMILES string of the molecule is COCC(C)(NC(=O)c1cc2c(C)c(C)ccc2[nH]1)C(=O)O. The van der Waals surface area contributed by atoms with Crippen molar-refractivity contribution in [1.29, 1.82) is 0 Å². The molecule has 1 unspecified atom stereocenters. The number of hydrogen-bond acceptors (Lipinski definition) is 3. The Bertz CT molecular complexity index is 735. The number of benzene rings is 1. The van der Waals surface area contributed by atoms with Gasteiger partial charge in [-0.15, -0.1) is 0 Å². The first-order valence-electron chi connectivity index (χ1n) is 6.92. The summed E-state index contributed by atoms with van der Waals surface area (Å²) in [5.41, 5.74) is 1.91. The zero-order chi connectivity index (χ0) is 16.5. The average molecular weight is 304 g/mol. The number of nitrogens with one attached hydrogen (secondary N) is 2. The van der Waals surface area contributed by atoms with Crippen LogP contribution in [0.2, 0.25) is 0 Å². The Kier molecular flexibility index (Phi) is 4.23. The minimum atomic E-state index is -1.48. The normalized spacial score (nSPS) is 13.8. The molecule has 6 nitrogen and oxygen atoms in total. The summed E-state index contributed by atoms with van der Waals surface area (Å²) in [6.07, 6.45) is 0. The maximum atomic E-state index is 12.3. The fraction of sp³-hybridized carbons (Fsp3) is 0.375. The third-order valence-corrected chi connectivity index (χ3v) is 3.88. The number of hydrogen-bond donors (Lipinski definition) is 3. The van der Waals surface area contributed by atoms with E-state index < -0.39 is 17.4 Å². The number of amides is 1. The lowest BCUT2D eigenvalue weighted by Crippen LogP contribution is -2.55. The van der Waals surface area contributed by atoms with E-state index in [0.717, 1.165) is 22.0 Å². The Morgan fingerprint density at radius 1 is 1.36 bits per heavy atom. The second-order valence-corrected chi connectivity index (χ2v) is 5.68. The van der Waals surface area contributed by atoms with E-state index in [0.29, 0.717) is 5.69 Å². The molecule has 0 aliphatic rings. The van der Waals surface area contributed by atoms with Crippen LogP contribution in [-0.4, -0.2) is 41.2 Å². The molecular weight excluding hydrogens is 284 g/mol. The van der Waals surface area contributed by atoms with Crippen LogP contribution in [-0.2, 0) is 9.53 Å². The summed E-state index contributed by atoms with van der Waals surface area (Å²) in [5.74, 6) is -1.62. The van der Waals surface area contributed by atoms with Crippen molar-refractivity contribution in [3.63, 3.8) is 0 Å². The van der Waals surface area contributed by atoms with E-state index in [1.165, 1.54) is 14.0 Å². The first-order valence-corrected chi connectivity index (χ1v) is 6.92. The number of methoxy groups -OCH3 is 1. The van der Waals surface area contributed by atoms with Crippen molar-refractivity contribution in [1.82, 2.24) is 10.3 Å². The minimum Gasteiger partial charge on any atom is -0.479 e. The Morgan fingerprint density at radius 3 is 2.64 bits per heavy atom. The predicted molar refractivity (Wildman–Crippen MR) is 83.2 cm³/mol. The van der Waals surface area contributed by atoms with Gasteiger partial charge in [0.05, 0.1) is 6.61 Å². The monoisotopic (exact) mass is 304 g/mol. The van der Waals surface area contributed by atoms with Gasteiger partial charge in [-0.3, -0.25) is 4.79 Å². The second-order valence-electron chi connectivity index (χ2n) is 5.68. The third kappa shape index (κ3) is 2.82. The lowest BCUT2D eigenvalue weighted by atomic mass is 10.0. The summed E-state index contributed by atoms with van der Waals surface area (Å²) in [6, 6.07) is 5.62. The zero-order valence-corrected chi connectivity index (χ0v) is 13.1. The average Bonchev–Trinajstić information content (AvgIpc) is 2.88. The zero-order valence-electron chi connectivity index (χ0n) is 13.1. The Morgan fingerprint density at radius 2 is 2.05 bits per heavy atom. The van der Waals surface area contributed by atoms with Crippen LogP contribution in [0.4, 0.5) is 0 Å². The molecule has 1 amide bonds. The van der Waals surface area contributed by atoms with Crippen molar-refractivity contribution in [2.24, 2.45) is 0 Å². The van der Waals surface area contributed by atoms with Crippen molar-refractivity contribution < 1.29 is 19.4 Å². The van der Waals surface area contributed by atoms with Gasteiger partial charge >= 0.3 is 5.97 Å². The van der Waals surface area contributed by atoms with E-state index in [9.17, 15) is 14.7 Å². The molecule has 0 radical (unpaired) electrons. The number of aromatic amines is 1. The highest BCUT2D eigenvalue weighted by atomic mass is 16.5. The lowest BCUT2D eigenvalue weighted by molar-refractivity contribution is -0.145. The van der Waals surface area contributed by atoms with Crippen molar-refractivity contribution in [2.45, 2.75) is 26.3 Å². The molecule has 0 aliphatic carbocycles. The number of carbonyl (C=O) groups excluding carboxylic acids is 1. The Hall–Kier alpha value is -2.34. The number of aromatic nitrogens is 1. The van der Waals surface area contributed by atoms with Crippen molar-refractivity contribution >= 4 is 22.8 Å². The van der Waals surface area contributed by atoms with Gasteiger partial charge in [0.25, 0.3) is 5.91 Å². The topological polar surface area (TPSA) is 91.4 Å². The first kappa shape index (κ1) is 16.0. The van der Waals surface area contributed by atoms with E-state index in [4.69, 9.17) is 4.74 Å². The molecule has 0 spiro atoms. The van der Waals surface area contributed by atoms with Crippen LogP contribution in [0.15, 0.2) is 18.2 Å². The maximum Gasteiger partial charge on any atom is 0.331 e. The molecule has 1 heterocycles. The smallest absolute Gasteiger partial charge is 0.331 e. The van der Waals surface area contributed by atoms with E-state index in [1.807, 2.05) is 26.0 Å². The Balaban J connectivity index is 2.34. The summed E-state index contributed by atoms with van der Waals surface area (Å²) in [4.78, 5) is 26.7. The molecule has 0 saturated heterocycles. The van der Waals surface area contributed by atoms with Gasteiger partial charge in [0.1, 0.15) is 5.69 Å². The molecule has 6 heteroatoms. The highest BCUT2D eigenvalue weighted by Crippen LogP contribution is 2.22. The molecule has 1 aromatic carbocycles. The number of fused-ring (bicyclic) bond motifs is 1. The fourth-order valence-electron chi connectivity index (χ4n) is 2.34. The molecule has 2 rings (SSSR count). The number of ether oxygens (including phenoxy) is 1. The van der Waals surface area contributed by atoms with Gasteiger partial charge in [-0.05, 0) is 44.0 Å². The molecule has 0 bridgehead atoms. The van der Waals surface area contributed by atoms with Crippen LogP contribution in [0.3, 0.4) is 0 Å². The molecule has 1 aromatic heterocycles. The molecule has 0 saturated carbocycles. The highest BCUT2D eigenvalue weighted by Gasteiger charge is 2.35. The second kappa shape index (κ2) is 5.81. The molecule has 0 aliphatic heterocycles. The molecule has 2 aromatic rings. The number of carboxylic acid groups (broad SMARTS) is 1. The minimum absolute atomic E-state index is 0.119. The van der Waals surface area contributed by atoms with Crippen LogP contribution in [0.5, 0.6) is 0 Å². The number of carboxylic acids is 1. The van der Waals surface area contributed by atoms with E-state index in [-0.39, 0.29) is 6.61 Å². The van der Waals surface area contributed by atoms with Crippen LogP contribution in [0.1, 0.15) is 28.5 Å². The van der Waals surface area contributed by atoms with Gasteiger partial charge in [0, 0.05) is 18.0 Å². The first-order chi connectivity index (χ1) is 10.3. The standard InChI is InChI=1S/C16H20N2O4/c1-9-5-6-12-11(10(9)2)7-13(17-12)14(19)18-16(3,8-22-4)15(20)21/h5-7,17H,8H2,1-4H3,(H,18,19)(H,20,21). The van der Waals surface area contributed by atoms with Gasteiger partial charge in [-0.25, -0.2) is 4.79 Å². The maximum absolute atomic E-state index is 12.3. The molecule has 22 heavy (non-hydrogen) atoms. The molecule has 3 N–H and O–H groups in total. The number of carbonyl (C=O) groups is 2. The summed E-state index contributed by atoms with van der Waals surface area (Å²) in [6.45, 7) is 5.28. The number of aryl methyl sites for hydroxylation is 2. The van der Waals surface area contributed by atoms with Crippen molar-refractivity contribution in [3.05, 3.63) is 35.0 Å². The summed E-state index contributed by atoms with van der Waals surface area (Å²) in [7, 11) is 1.39. The number of aliphatic carboxylic acids is 1. The number of H-pyrrole nitrogens is 1. The molecule has 118 valence electrons. The highest BCUT2D eigenvalue weighted by molar-refractivity contribution is 6.01. The molecular formula is C16H20N2O4. The van der Waals surface area contributed by atoms with Gasteiger partial charge in [-0.1, -0.05) is 6.07 Å². The van der Waals surface area contributed by atoms with Crippen LogP contribution >= 0.6 is 0 Å². The quantitative estimate of drug-likeness (QED) is 0.788. The summed E-state index contributed by atoms with van der Waals surface area (Å²) >= 11 is 0. The fourth-order valence-corrected chi connectivity index (χ4v) is 2.34. The van der Waals surface area contributed by atoms with Crippen LogP contribution in [0.25, 0.3) is 10.9 Å². The molecule has 0 fully saturated rings. The van der Waals surface area contributed by atoms with Crippen LogP contribution in [0, 0.1) is 13.8 Å². The largest absolute Gasteiger partial charge is 0.479 e. The van der Waals surface area contributed by atoms with Gasteiger partial charge in [-0.2, -0.15) is 0 Å². The Labute approximate surface area is 128 Å². The van der Waals surface area contributed by atoms with E-state index in [1.54, 1.807) is 6.07 Å². The molecule has 1 atom stereocenters. The third-order valence-electron chi connectivity index (χ3n) is 3.88. The summed E-state index contributed by atoms with van der Waals surface area (Å²) < 4.78 is 4.89. The van der Waals surface area contributed by atoms with Gasteiger partial charge in [0.15, 0.2) is 5.54 Å². The van der Waals surface area contributed by atoms with Crippen molar-refractivity contribution in [3.8, 4) is 0 Å². The van der Waals surface area contributed by atoms with Gasteiger partial charge < -0.3 is 20.1 Å². The van der Waals surface area contributed by atoms with E-state index >= 15 is 0 Å². The number of rotatable bonds is 5. The predicted octanol–water partition coefficient (Wildman–Crippen LogP) is 2.00. The lowest BCUT2D eigenvalue weighted by Gasteiger charge is -2.24. The van der Waals surface area contributed by atoms with Crippen LogP contribution < -0.4 is 5.32 Å². The van der Waals surface area contributed by atoms with E-state index in [2.05, 4.69) is 10.3 Å². The van der Waals surface area contributed by atoms with Gasteiger partial charge in [0.2, 0.25) is 0 Å². The van der Waals surface area contributed by atoms with Crippen molar-refractivity contribution in [2.75, 3.05) is 13.7 Å².